The average Bonchev–Trinajstić information content (AvgIpc) is 2.99. The van der Waals surface area contributed by atoms with E-state index in [9.17, 15) is 0 Å². The quantitative estimate of drug-likeness (QED) is 0.354. The van der Waals surface area contributed by atoms with E-state index in [-0.39, 0.29) is 0 Å². The molecule has 0 saturated carbocycles. The lowest BCUT2D eigenvalue weighted by molar-refractivity contribution is 0.465. The first-order valence-corrected chi connectivity index (χ1v) is 9.79. The molecule has 120 valence electrons. The molecule has 3 nitrogen and oxygen atoms in total. The Bertz CT molecular complexity index is 542. The Balaban J connectivity index is 1.66. The normalized spacial score (nSPS) is 11.0. The van der Waals surface area contributed by atoms with Crippen LogP contribution in [0, 0.1) is 0 Å². The van der Waals surface area contributed by atoms with Crippen molar-refractivity contribution in [2.45, 2.75) is 57.1 Å². The zero-order valence-corrected chi connectivity index (χ0v) is 15.5. The number of hydrogen-bond acceptors (Lipinski definition) is 4. The van der Waals surface area contributed by atoms with E-state index in [2.05, 4.69) is 33.1 Å². The highest BCUT2D eigenvalue weighted by Crippen LogP contribution is 2.25. The van der Waals surface area contributed by atoms with Crippen LogP contribution < -0.4 is 0 Å². The molecular weight excluding hydrogens is 360 g/mol. The fraction of sp³-hybridized carbons (Fsp3) is 0.529. The molecule has 1 heterocycles. The number of hydrogen-bond donors (Lipinski definition) is 0. The number of nitrogens with zero attached hydrogens (tertiary/aromatic N) is 2. The van der Waals surface area contributed by atoms with E-state index in [4.69, 9.17) is 4.42 Å². The third kappa shape index (κ3) is 6.13. The van der Waals surface area contributed by atoms with Crippen LogP contribution in [-0.4, -0.2) is 16.0 Å². The molecule has 0 bridgehead atoms. The Morgan fingerprint density at radius 2 is 1.64 bits per heavy atom. The van der Waals surface area contributed by atoms with Gasteiger partial charge >= 0.3 is 0 Å². The van der Waals surface area contributed by atoms with Gasteiger partial charge in [-0.1, -0.05) is 73.1 Å². The van der Waals surface area contributed by atoms with Gasteiger partial charge in [-0.3, -0.25) is 0 Å². The minimum absolute atomic E-state index is 0.592. The van der Waals surface area contributed by atoms with Crippen molar-refractivity contribution in [1.82, 2.24) is 10.2 Å². The average molecular weight is 383 g/mol. The molecule has 5 heteroatoms. The molecule has 0 saturated heterocycles. The maximum atomic E-state index is 5.69. The van der Waals surface area contributed by atoms with Gasteiger partial charge in [-0.25, -0.2) is 0 Å². The van der Waals surface area contributed by atoms with E-state index in [1.54, 1.807) is 11.8 Å². The number of aromatic nitrogens is 2. The minimum atomic E-state index is 0.592. The van der Waals surface area contributed by atoms with E-state index in [1.165, 1.54) is 44.9 Å². The van der Waals surface area contributed by atoms with Crippen molar-refractivity contribution in [1.29, 1.82) is 0 Å². The third-order valence-electron chi connectivity index (χ3n) is 3.47. The molecule has 22 heavy (non-hydrogen) atoms. The molecule has 2 rings (SSSR count). The third-order valence-corrected chi connectivity index (χ3v) is 4.90. The van der Waals surface area contributed by atoms with E-state index in [1.807, 2.05) is 24.3 Å². The summed E-state index contributed by atoms with van der Waals surface area (Å²) in [5.74, 6) is 1.64. The van der Waals surface area contributed by atoms with E-state index in [0.717, 1.165) is 15.8 Å². The van der Waals surface area contributed by atoms with Gasteiger partial charge < -0.3 is 4.42 Å². The van der Waals surface area contributed by atoms with Crippen molar-refractivity contribution in [3.05, 3.63) is 28.7 Å². The second-order valence-electron chi connectivity index (χ2n) is 5.35. The Labute approximate surface area is 145 Å². The molecule has 0 N–H and O–H groups in total. The molecule has 1 aromatic heterocycles. The first-order chi connectivity index (χ1) is 10.8. The van der Waals surface area contributed by atoms with Crippen LogP contribution >= 0.6 is 27.7 Å². The second kappa shape index (κ2) is 10.1. The molecule has 1 aromatic carbocycles. The predicted molar refractivity (Wildman–Crippen MR) is 96.2 cm³/mol. The molecule has 2 aromatic rings. The fourth-order valence-corrected chi connectivity index (χ4v) is 3.22. The largest absolute Gasteiger partial charge is 0.411 e. The summed E-state index contributed by atoms with van der Waals surface area (Å²) in [6.07, 6.45) is 9.28. The molecule has 0 radical (unpaired) electrons. The van der Waals surface area contributed by atoms with E-state index in [0.29, 0.717) is 11.1 Å². The Kier molecular flexibility index (Phi) is 8.02. The van der Waals surface area contributed by atoms with E-state index < -0.39 is 0 Å². The number of halogens is 1. The standard InChI is InChI=1S/C17H23BrN2OS/c1-2-3-4-5-6-7-8-13-22-17-20-19-16(21-17)14-9-11-15(18)12-10-14/h9-12H,2-8,13H2,1H3. The van der Waals surface area contributed by atoms with Crippen molar-refractivity contribution in [3.8, 4) is 11.5 Å². The summed E-state index contributed by atoms with van der Waals surface area (Å²) in [6.45, 7) is 2.25. The predicted octanol–water partition coefficient (Wildman–Crippen LogP) is 6.34. The van der Waals surface area contributed by atoms with Crippen LogP contribution in [0.4, 0.5) is 0 Å². The lowest BCUT2D eigenvalue weighted by atomic mass is 10.1. The van der Waals surface area contributed by atoms with Crippen LogP contribution in [0.25, 0.3) is 11.5 Å². The molecule has 0 aliphatic rings. The Morgan fingerprint density at radius 1 is 0.955 bits per heavy atom. The summed E-state index contributed by atoms with van der Waals surface area (Å²) in [6, 6.07) is 7.90. The smallest absolute Gasteiger partial charge is 0.276 e. The Hall–Kier alpha value is -0.810. The van der Waals surface area contributed by atoms with Crippen LogP contribution in [-0.2, 0) is 0 Å². The van der Waals surface area contributed by atoms with Gasteiger partial charge in [-0.15, -0.1) is 10.2 Å². The van der Waals surface area contributed by atoms with Crippen LogP contribution in [0.3, 0.4) is 0 Å². The van der Waals surface area contributed by atoms with Gasteiger partial charge in [0.25, 0.3) is 5.22 Å². The van der Waals surface area contributed by atoms with Crippen molar-refractivity contribution in [2.24, 2.45) is 0 Å². The first-order valence-electron chi connectivity index (χ1n) is 8.02. The maximum Gasteiger partial charge on any atom is 0.276 e. The van der Waals surface area contributed by atoms with Crippen molar-refractivity contribution < 1.29 is 4.42 Å². The van der Waals surface area contributed by atoms with Crippen molar-refractivity contribution in [3.63, 3.8) is 0 Å². The van der Waals surface area contributed by atoms with Gasteiger partial charge in [0.15, 0.2) is 0 Å². The van der Waals surface area contributed by atoms with Gasteiger partial charge in [0.05, 0.1) is 0 Å². The van der Waals surface area contributed by atoms with Crippen molar-refractivity contribution >= 4 is 27.7 Å². The molecule has 0 atom stereocenters. The lowest BCUT2D eigenvalue weighted by Crippen LogP contribution is -1.83. The second-order valence-corrected chi connectivity index (χ2v) is 7.31. The summed E-state index contributed by atoms with van der Waals surface area (Å²) < 4.78 is 6.74. The summed E-state index contributed by atoms with van der Waals surface area (Å²) in [5, 5.41) is 8.89. The van der Waals surface area contributed by atoms with Gasteiger partial charge in [0, 0.05) is 15.8 Å². The number of thioether (sulfide) groups is 1. The molecule has 0 unspecified atom stereocenters. The fourth-order valence-electron chi connectivity index (χ4n) is 2.20. The number of benzene rings is 1. The van der Waals surface area contributed by atoms with Crippen LogP contribution in [0.15, 0.2) is 38.4 Å². The van der Waals surface area contributed by atoms with Crippen LogP contribution in [0.2, 0.25) is 0 Å². The highest BCUT2D eigenvalue weighted by molar-refractivity contribution is 9.10. The number of unbranched alkanes of at least 4 members (excludes halogenated alkanes) is 6. The zero-order chi connectivity index (χ0) is 15.6. The van der Waals surface area contributed by atoms with Crippen molar-refractivity contribution in [2.75, 3.05) is 5.75 Å². The van der Waals surface area contributed by atoms with E-state index >= 15 is 0 Å². The highest BCUT2D eigenvalue weighted by atomic mass is 79.9. The summed E-state index contributed by atoms with van der Waals surface area (Å²) in [5.41, 5.74) is 0.957. The lowest BCUT2D eigenvalue weighted by Gasteiger charge is -1.99. The Morgan fingerprint density at radius 3 is 2.36 bits per heavy atom. The summed E-state index contributed by atoms with van der Waals surface area (Å²) in [4.78, 5) is 0. The zero-order valence-electron chi connectivity index (χ0n) is 13.1. The van der Waals surface area contributed by atoms with Crippen LogP contribution in [0.5, 0.6) is 0 Å². The summed E-state index contributed by atoms with van der Waals surface area (Å²) in [7, 11) is 0. The molecule has 0 fully saturated rings. The van der Waals surface area contributed by atoms with Gasteiger partial charge in [-0.2, -0.15) is 0 Å². The molecule has 0 amide bonds. The summed E-state index contributed by atoms with van der Waals surface area (Å²) >= 11 is 5.08. The molecule has 0 spiro atoms. The maximum absolute atomic E-state index is 5.69. The molecule has 0 aliphatic heterocycles. The van der Waals surface area contributed by atoms with Gasteiger partial charge in [-0.05, 0) is 30.7 Å². The molecular formula is C17H23BrN2OS. The molecule has 0 aliphatic carbocycles. The topological polar surface area (TPSA) is 38.9 Å². The first kappa shape index (κ1) is 17.5. The van der Waals surface area contributed by atoms with Gasteiger partial charge in [0.1, 0.15) is 0 Å². The number of rotatable bonds is 10. The monoisotopic (exact) mass is 382 g/mol. The van der Waals surface area contributed by atoms with Gasteiger partial charge in [0.2, 0.25) is 5.89 Å². The minimum Gasteiger partial charge on any atom is -0.411 e. The SMILES string of the molecule is CCCCCCCCCSc1nnc(-c2ccc(Br)cc2)o1. The highest BCUT2D eigenvalue weighted by Gasteiger charge is 2.08. The van der Waals surface area contributed by atoms with Crippen LogP contribution in [0.1, 0.15) is 51.9 Å².